The fourth-order valence-electron chi connectivity index (χ4n) is 1.63. The summed E-state index contributed by atoms with van der Waals surface area (Å²) in [6.07, 6.45) is 5.77. The zero-order chi connectivity index (χ0) is 13.1. The van der Waals surface area contributed by atoms with E-state index >= 15 is 0 Å². The molecule has 3 heteroatoms. The van der Waals surface area contributed by atoms with Crippen LogP contribution in [0.1, 0.15) is 39.0 Å². The van der Waals surface area contributed by atoms with Gasteiger partial charge in [0.05, 0.1) is 6.61 Å². The lowest BCUT2D eigenvalue weighted by Gasteiger charge is -2.06. The van der Waals surface area contributed by atoms with Crippen LogP contribution >= 0.6 is 11.6 Å². The molecular formula is C15H23ClO2. The summed E-state index contributed by atoms with van der Waals surface area (Å²) in [7, 11) is 0. The number of hydrogen-bond acceptors (Lipinski definition) is 2. The maximum absolute atomic E-state index is 5.80. The molecule has 0 amide bonds. The van der Waals surface area contributed by atoms with E-state index in [1.54, 1.807) is 0 Å². The Kier molecular flexibility index (Phi) is 8.70. The van der Waals surface area contributed by atoms with Gasteiger partial charge in [0.25, 0.3) is 0 Å². The van der Waals surface area contributed by atoms with Crippen molar-refractivity contribution in [3.8, 4) is 5.75 Å². The SMILES string of the molecule is CCCOCCCCCCOc1ccc(Cl)cc1. The van der Waals surface area contributed by atoms with Gasteiger partial charge in [-0.2, -0.15) is 0 Å². The maximum Gasteiger partial charge on any atom is 0.119 e. The van der Waals surface area contributed by atoms with Gasteiger partial charge in [-0.3, -0.25) is 0 Å². The summed E-state index contributed by atoms with van der Waals surface area (Å²) in [5.74, 6) is 0.894. The molecule has 1 aromatic rings. The molecule has 0 radical (unpaired) electrons. The number of hydrogen-bond donors (Lipinski definition) is 0. The van der Waals surface area contributed by atoms with Gasteiger partial charge < -0.3 is 9.47 Å². The van der Waals surface area contributed by atoms with Crippen molar-refractivity contribution in [3.05, 3.63) is 29.3 Å². The van der Waals surface area contributed by atoms with Gasteiger partial charge in [-0.1, -0.05) is 24.9 Å². The fourth-order valence-corrected chi connectivity index (χ4v) is 1.75. The molecule has 0 aliphatic rings. The summed E-state index contributed by atoms with van der Waals surface area (Å²) in [6.45, 7) is 4.69. The molecule has 0 spiro atoms. The first-order valence-corrected chi connectivity index (χ1v) is 7.17. The van der Waals surface area contributed by atoms with Crippen LogP contribution in [0.2, 0.25) is 5.02 Å². The Bertz CT molecular complexity index is 298. The van der Waals surface area contributed by atoms with Gasteiger partial charge >= 0.3 is 0 Å². The minimum absolute atomic E-state index is 0.745. The first-order valence-electron chi connectivity index (χ1n) is 6.79. The Morgan fingerprint density at radius 3 is 2.22 bits per heavy atom. The van der Waals surface area contributed by atoms with Gasteiger partial charge in [-0.15, -0.1) is 0 Å². The van der Waals surface area contributed by atoms with Crippen LogP contribution in [-0.2, 0) is 4.74 Å². The number of rotatable bonds is 10. The smallest absolute Gasteiger partial charge is 0.119 e. The molecule has 0 saturated heterocycles. The minimum atomic E-state index is 0.745. The highest BCUT2D eigenvalue weighted by atomic mass is 35.5. The highest BCUT2D eigenvalue weighted by Crippen LogP contribution is 2.15. The van der Waals surface area contributed by atoms with Crippen molar-refractivity contribution in [1.29, 1.82) is 0 Å². The Morgan fingerprint density at radius 2 is 1.56 bits per heavy atom. The van der Waals surface area contributed by atoms with Gasteiger partial charge in [-0.05, 0) is 49.9 Å². The topological polar surface area (TPSA) is 18.5 Å². The van der Waals surface area contributed by atoms with E-state index in [0.29, 0.717) is 0 Å². The third-order valence-corrected chi connectivity index (χ3v) is 2.87. The molecule has 18 heavy (non-hydrogen) atoms. The molecule has 0 aliphatic heterocycles. The number of unbranched alkanes of at least 4 members (excludes halogenated alkanes) is 3. The molecule has 0 unspecified atom stereocenters. The molecule has 0 bridgehead atoms. The first-order chi connectivity index (χ1) is 8.83. The molecule has 0 aliphatic carbocycles. The largest absolute Gasteiger partial charge is 0.494 e. The summed E-state index contributed by atoms with van der Waals surface area (Å²) >= 11 is 5.80. The Morgan fingerprint density at radius 1 is 0.889 bits per heavy atom. The monoisotopic (exact) mass is 270 g/mol. The second-order valence-electron chi connectivity index (χ2n) is 4.33. The second-order valence-corrected chi connectivity index (χ2v) is 4.77. The van der Waals surface area contributed by atoms with Gasteiger partial charge in [-0.25, -0.2) is 0 Å². The first kappa shape index (κ1) is 15.3. The van der Waals surface area contributed by atoms with Crippen molar-refractivity contribution in [3.63, 3.8) is 0 Å². The molecule has 102 valence electrons. The fraction of sp³-hybridized carbons (Fsp3) is 0.600. The standard InChI is InChI=1S/C15H23ClO2/c1-2-11-17-12-5-3-4-6-13-18-15-9-7-14(16)8-10-15/h7-10H,2-6,11-13H2,1H3. The summed E-state index contributed by atoms with van der Waals surface area (Å²) in [5.41, 5.74) is 0. The van der Waals surface area contributed by atoms with Crippen molar-refractivity contribution in [2.24, 2.45) is 0 Å². The lowest BCUT2D eigenvalue weighted by Crippen LogP contribution is -1.98. The molecule has 1 aromatic carbocycles. The molecule has 1 rings (SSSR count). The Balaban J connectivity index is 1.91. The molecule has 2 nitrogen and oxygen atoms in total. The molecule has 0 aromatic heterocycles. The van der Waals surface area contributed by atoms with Crippen molar-refractivity contribution >= 4 is 11.6 Å². The normalized spacial score (nSPS) is 10.6. The summed E-state index contributed by atoms with van der Waals surface area (Å²) < 4.78 is 11.0. The van der Waals surface area contributed by atoms with Crippen LogP contribution in [0.25, 0.3) is 0 Å². The van der Waals surface area contributed by atoms with E-state index < -0.39 is 0 Å². The van der Waals surface area contributed by atoms with E-state index in [9.17, 15) is 0 Å². The predicted octanol–water partition coefficient (Wildman–Crippen LogP) is 4.71. The summed E-state index contributed by atoms with van der Waals surface area (Å²) in [5, 5.41) is 0.745. The van der Waals surface area contributed by atoms with Crippen molar-refractivity contribution in [1.82, 2.24) is 0 Å². The molecule has 0 N–H and O–H groups in total. The van der Waals surface area contributed by atoms with E-state index in [1.807, 2.05) is 24.3 Å². The quantitative estimate of drug-likeness (QED) is 0.574. The van der Waals surface area contributed by atoms with Crippen LogP contribution in [0, 0.1) is 0 Å². The van der Waals surface area contributed by atoms with E-state index in [1.165, 1.54) is 12.8 Å². The Labute approximate surface area is 115 Å². The summed E-state index contributed by atoms with van der Waals surface area (Å²) in [6, 6.07) is 7.51. The number of benzene rings is 1. The predicted molar refractivity (Wildman–Crippen MR) is 76.5 cm³/mol. The van der Waals surface area contributed by atoms with Crippen molar-refractivity contribution < 1.29 is 9.47 Å². The molecule has 0 heterocycles. The van der Waals surface area contributed by atoms with E-state index in [4.69, 9.17) is 21.1 Å². The highest BCUT2D eigenvalue weighted by Gasteiger charge is 1.95. The van der Waals surface area contributed by atoms with Crippen molar-refractivity contribution in [2.75, 3.05) is 19.8 Å². The van der Waals surface area contributed by atoms with Gasteiger partial charge in [0, 0.05) is 18.2 Å². The van der Waals surface area contributed by atoms with Crippen LogP contribution in [-0.4, -0.2) is 19.8 Å². The van der Waals surface area contributed by atoms with Crippen LogP contribution < -0.4 is 4.74 Å². The molecular weight excluding hydrogens is 248 g/mol. The molecule has 0 fully saturated rings. The van der Waals surface area contributed by atoms with E-state index in [0.717, 1.165) is 49.9 Å². The van der Waals surface area contributed by atoms with Crippen LogP contribution in [0.15, 0.2) is 24.3 Å². The third kappa shape index (κ3) is 7.57. The lowest BCUT2D eigenvalue weighted by atomic mass is 10.2. The average molecular weight is 271 g/mol. The zero-order valence-electron chi connectivity index (χ0n) is 11.2. The lowest BCUT2D eigenvalue weighted by molar-refractivity contribution is 0.130. The minimum Gasteiger partial charge on any atom is -0.494 e. The third-order valence-electron chi connectivity index (χ3n) is 2.61. The summed E-state index contributed by atoms with van der Waals surface area (Å²) in [4.78, 5) is 0. The second kappa shape index (κ2) is 10.2. The van der Waals surface area contributed by atoms with Crippen LogP contribution in [0.5, 0.6) is 5.75 Å². The number of ether oxygens (including phenoxy) is 2. The number of halogens is 1. The van der Waals surface area contributed by atoms with Gasteiger partial charge in [0.15, 0.2) is 0 Å². The molecule has 0 saturated carbocycles. The van der Waals surface area contributed by atoms with Crippen molar-refractivity contribution in [2.45, 2.75) is 39.0 Å². The van der Waals surface area contributed by atoms with Gasteiger partial charge in [0.1, 0.15) is 5.75 Å². The van der Waals surface area contributed by atoms with Gasteiger partial charge in [0.2, 0.25) is 0 Å². The van der Waals surface area contributed by atoms with E-state index in [-0.39, 0.29) is 0 Å². The van der Waals surface area contributed by atoms with Crippen LogP contribution in [0.4, 0.5) is 0 Å². The van der Waals surface area contributed by atoms with E-state index in [2.05, 4.69) is 6.92 Å². The highest BCUT2D eigenvalue weighted by molar-refractivity contribution is 6.30. The maximum atomic E-state index is 5.80. The Hall–Kier alpha value is -0.730. The molecule has 0 atom stereocenters. The zero-order valence-corrected chi connectivity index (χ0v) is 11.9. The van der Waals surface area contributed by atoms with Crippen LogP contribution in [0.3, 0.4) is 0 Å². The average Bonchev–Trinajstić information content (AvgIpc) is 2.39.